The summed E-state index contributed by atoms with van der Waals surface area (Å²) in [7, 11) is 0. The number of benzene rings is 6. The molecule has 0 radical (unpaired) electrons. The number of Topliss-reactive ketones (excluding diaryl/α,β-unsaturated/α-hetero) is 6. The lowest BCUT2D eigenvalue weighted by Crippen LogP contribution is -2.53. The smallest absolute Gasteiger partial charge is 0.187 e. The molecule has 68 heavy (non-hydrogen) atoms. The lowest BCUT2D eigenvalue weighted by atomic mass is 9.45. The molecule has 21 rings (SSSR count). The summed E-state index contributed by atoms with van der Waals surface area (Å²) in [5.41, 5.74) is 14.1. The minimum atomic E-state index is -1.40. The van der Waals surface area contributed by atoms with Gasteiger partial charge in [0.1, 0.15) is 0 Å². The number of rotatable bonds is 0. The molecule has 15 aliphatic carbocycles. The molecule has 0 atom stereocenters. The number of carbonyl (C=O) groups is 6. The fraction of sp³-hybridized carbons (Fsp3) is 0.129. The second-order valence-corrected chi connectivity index (χ2v) is 20.2. The molecule has 6 heteroatoms. The minimum Gasteiger partial charge on any atom is -0.289 e. The standard InChI is InChI=1S/C62H32O6/c63-57-45-37-25-13-1-2-14-26(25)38(28-16-4-3-15-27(28)37)46(45)58(64)52-44-55-53(59(65)47-39-29-17-5-9-21-33(29)41(49(47)61(55)67)34-22-10-6-18-30(34)39)43(51(52)57)54-56(44)62(68)50-42-35-23-11-7-19-31(35)40(48(50)60(54)66)32-20-8-12-24-36(32)42/h1-24,37-44H. The van der Waals surface area contributed by atoms with Crippen molar-refractivity contribution in [1.82, 2.24) is 0 Å². The first kappa shape index (κ1) is 36.0. The van der Waals surface area contributed by atoms with Gasteiger partial charge in [0.15, 0.2) is 34.7 Å². The van der Waals surface area contributed by atoms with E-state index in [0.717, 1.165) is 66.8 Å². The van der Waals surface area contributed by atoms with E-state index >= 15 is 28.8 Å². The third kappa shape index (κ3) is 3.65. The molecule has 15 aliphatic rings. The van der Waals surface area contributed by atoms with Gasteiger partial charge in [-0.15, -0.1) is 0 Å². The van der Waals surface area contributed by atoms with Gasteiger partial charge in [-0.1, -0.05) is 146 Å². The first-order valence-corrected chi connectivity index (χ1v) is 23.6. The number of ketones is 6. The summed E-state index contributed by atoms with van der Waals surface area (Å²) < 4.78 is 0. The molecule has 8 bridgehead atoms. The molecule has 6 nitrogen and oxygen atoms in total. The van der Waals surface area contributed by atoms with Crippen molar-refractivity contribution in [3.05, 3.63) is 279 Å². The molecule has 0 saturated carbocycles. The van der Waals surface area contributed by atoms with Crippen LogP contribution in [0, 0.1) is 11.8 Å². The zero-order valence-electron chi connectivity index (χ0n) is 35.9. The summed E-state index contributed by atoms with van der Waals surface area (Å²) in [5.74, 6) is -8.47. The largest absolute Gasteiger partial charge is 0.289 e. The van der Waals surface area contributed by atoms with Crippen molar-refractivity contribution in [1.29, 1.82) is 0 Å². The van der Waals surface area contributed by atoms with Crippen LogP contribution in [0.15, 0.2) is 212 Å². The highest BCUT2D eigenvalue weighted by molar-refractivity contribution is 6.40. The van der Waals surface area contributed by atoms with Crippen LogP contribution < -0.4 is 0 Å². The van der Waals surface area contributed by atoms with Crippen LogP contribution in [0.5, 0.6) is 0 Å². The Morgan fingerprint density at radius 1 is 0.162 bits per heavy atom. The van der Waals surface area contributed by atoms with Crippen molar-refractivity contribution in [2.75, 3.05) is 0 Å². The lowest BCUT2D eigenvalue weighted by Gasteiger charge is -2.54. The van der Waals surface area contributed by atoms with Crippen molar-refractivity contribution in [3.8, 4) is 0 Å². The summed E-state index contributed by atoms with van der Waals surface area (Å²) in [4.78, 5) is 97.3. The molecule has 0 spiro atoms. The Balaban J connectivity index is 0.922. The van der Waals surface area contributed by atoms with Crippen LogP contribution >= 0.6 is 0 Å². The lowest BCUT2D eigenvalue weighted by molar-refractivity contribution is -0.121. The molecule has 0 unspecified atom stereocenters. The topological polar surface area (TPSA) is 102 Å². The van der Waals surface area contributed by atoms with Crippen molar-refractivity contribution in [2.45, 2.75) is 35.5 Å². The highest BCUT2D eigenvalue weighted by Crippen LogP contribution is 2.69. The Morgan fingerprint density at radius 2 is 0.265 bits per heavy atom. The average molecular weight is 873 g/mol. The molecule has 0 heterocycles. The Morgan fingerprint density at radius 3 is 0.382 bits per heavy atom. The highest BCUT2D eigenvalue weighted by atomic mass is 16.2. The Hall–Kier alpha value is -8.22. The van der Waals surface area contributed by atoms with Crippen LogP contribution in [0.2, 0.25) is 0 Å². The maximum atomic E-state index is 16.2. The van der Waals surface area contributed by atoms with Gasteiger partial charge in [-0.2, -0.15) is 0 Å². The van der Waals surface area contributed by atoms with Crippen LogP contribution in [-0.2, 0) is 28.8 Å². The average Bonchev–Trinajstić information content (AvgIpc) is 3.39. The van der Waals surface area contributed by atoms with Gasteiger partial charge in [-0.3, -0.25) is 28.8 Å². The summed E-state index contributed by atoms with van der Waals surface area (Å²) in [5, 5.41) is 0. The predicted molar refractivity (Wildman–Crippen MR) is 249 cm³/mol. The van der Waals surface area contributed by atoms with Crippen LogP contribution in [0.4, 0.5) is 0 Å². The van der Waals surface area contributed by atoms with Gasteiger partial charge in [0, 0.05) is 114 Å². The van der Waals surface area contributed by atoms with Crippen LogP contribution in [0.3, 0.4) is 0 Å². The highest BCUT2D eigenvalue weighted by Gasteiger charge is 2.66. The van der Waals surface area contributed by atoms with E-state index in [1.165, 1.54) is 0 Å². The van der Waals surface area contributed by atoms with Gasteiger partial charge in [0.2, 0.25) is 0 Å². The second kappa shape index (κ2) is 11.7. The van der Waals surface area contributed by atoms with Crippen LogP contribution in [-0.4, -0.2) is 34.7 Å². The number of allylic oxidation sites excluding steroid dienone is 12. The van der Waals surface area contributed by atoms with Gasteiger partial charge in [-0.25, -0.2) is 0 Å². The minimum absolute atomic E-state index is 0.0812. The van der Waals surface area contributed by atoms with E-state index in [1.807, 2.05) is 146 Å². The Bertz CT molecular complexity index is 3170. The molecule has 0 aromatic heterocycles. The third-order valence-electron chi connectivity index (χ3n) is 17.8. The number of hydrogen-bond donors (Lipinski definition) is 0. The van der Waals surface area contributed by atoms with E-state index in [2.05, 4.69) is 0 Å². The van der Waals surface area contributed by atoms with E-state index in [-0.39, 0.29) is 68.1 Å². The SMILES string of the molecule is O=C1C2=C(C(=O)C3=C1C1c4ccccc4C3c3ccccc31)C1C3=C(C(=O)C4=C(C3=O)C3c5ccccc5C4c4ccccc43)C2C2=C1C(=O)C1=C(C2=O)C2c3ccccc3C1c1ccccc12. The zero-order valence-corrected chi connectivity index (χ0v) is 35.9. The normalized spacial score (nSPS) is 28.4. The van der Waals surface area contributed by atoms with Crippen molar-refractivity contribution in [3.63, 3.8) is 0 Å². The van der Waals surface area contributed by atoms with E-state index in [4.69, 9.17) is 0 Å². The van der Waals surface area contributed by atoms with Crippen LogP contribution in [0.1, 0.15) is 102 Å². The molecular formula is C62H32O6. The molecule has 0 saturated heterocycles. The monoisotopic (exact) mass is 872 g/mol. The summed E-state index contributed by atoms with van der Waals surface area (Å²) in [6.45, 7) is 0. The molecule has 316 valence electrons. The quantitative estimate of drug-likeness (QED) is 0.141. The fourth-order valence-corrected chi connectivity index (χ4v) is 15.7. The first-order valence-electron chi connectivity index (χ1n) is 23.6. The number of hydrogen-bond acceptors (Lipinski definition) is 6. The summed E-state index contributed by atoms with van der Waals surface area (Å²) >= 11 is 0. The Labute approximate surface area is 388 Å². The Kier molecular flexibility index (Phi) is 6.16. The maximum Gasteiger partial charge on any atom is 0.187 e. The van der Waals surface area contributed by atoms with Gasteiger partial charge in [0.25, 0.3) is 0 Å². The van der Waals surface area contributed by atoms with E-state index in [9.17, 15) is 0 Å². The maximum absolute atomic E-state index is 16.2. The van der Waals surface area contributed by atoms with E-state index < -0.39 is 47.3 Å². The van der Waals surface area contributed by atoms with Gasteiger partial charge < -0.3 is 0 Å². The van der Waals surface area contributed by atoms with Crippen molar-refractivity contribution >= 4 is 34.7 Å². The predicted octanol–water partition coefficient (Wildman–Crippen LogP) is 9.35. The summed E-state index contributed by atoms with van der Waals surface area (Å²) in [6.07, 6.45) is 0. The summed E-state index contributed by atoms with van der Waals surface area (Å²) in [6, 6.07) is 47.8. The fourth-order valence-electron chi connectivity index (χ4n) is 15.7. The van der Waals surface area contributed by atoms with Gasteiger partial charge in [-0.05, 0) is 66.8 Å². The van der Waals surface area contributed by atoms with E-state index in [1.54, 1.807) is 0 Å². The second-order valence-electron chi connectivity index (χ2n) is 20.2. The molecule has 0 N–H and O–H groups in total. The van der Waals surface area contributed by atoms with Crippen molar-refractivity contribution < 1.29 is 28.8 Å². The molecule has 0 amide bonds. The van der Waals surface area contributed by atoms with Crippen LogP contribution in [0.25, 0.3) is 0 Å². The van der Waals surface area contributed by atoms with Gasteiger partial charge >= 0.3 is 0 Å². The zero-order chi connectivity index (χ0) is 44.9. The molecule has 0 aliphatic heterocycles. The van der Waals surface area contributed by atoms with Crippen molar-refractivity contribution in [2.24, 2.45) is 11.8 Å². The van der Waals surface area contributed by atoms with E-state index in [0.29, 0.717) is 33.4 Å². The number of carbonyl (C=O) groups excluding carboxylic acids is 6. The molecule has 6 aromatic rings. The molecule has 0 fully saturated rings. The third-order valence-corrected chi connectivity index (χ3v) is 17.8. The first-order chi connectivity index (χ1) is 33.4. The molecular weight excluding hydrogens is 841 g/mol. The van der Waals surface area contributed by atoms with Gasteiger partial charge in [0.05, 0.1) is 0 Å². The molecule has 6 aromatic carbocycles.